The van der Waals surface area contributed by atoms with E-state index in [1.54, 1.807) is 0 Å². The van der Waals surface area contributed by atoms with Crippen LogP contribution >= 0.6 is 11.6 Å². The van der Waals surface area contributed by atoms with Crippen LogP contribution in [-0.4, -0.2) is 17.1 Å². The largest absolute Gasteiger partial charge is 0.326 e. The number of rotatable bonds is 10. The molecule has 1 atom stereocenters. The molecule has 0 aliphatic carbocycles. The van der Waals surface area contributed by atoms with Crippen LogP contribution in [0.25, 0.3) is 0 Å². The second-order valence-corrected chi connectivity index (χ2v) is 6.40. The Morgan fingerprint density at radius 2 is 2.00 bits per heavy atom. The van der Waals surface area contributed by atoms with E-state index in [9.17, 15) is 9.59 Å². The van der Waals surface area contributed by atoms with Crippen molar-refractivity contribution in [2.75, 3.05) is 5.32 Å². The number of hydrogen-bond acceptors (Lipinski definition) is 2. The highest BCUT2D eigenvalue weighted by Gasteiger charge is 2.08. The summed E-state index contributed by atoms with van der Waals surface area (Å²) in [5.74, 6) is -0.409. The maximum Gasteiger partial charge on any atom is 0.231 e. The molecule has 1 unspecified atom stereocenters. The first-order valence-electron chi connectivity index (χ1n) is 8.03. The normalized spacial score (nSPS) is 12.0. The van der Waals surface area contributed by atoms with Crippen LogP contribution in [0.1, 0.15) is 57.9 Å². The molecule has 0 saturated carbocycles. The van der Waals surface area contributed by atoms with Crippen molar-refractivity contribution < 1.29 is 9.59 Å². The minimum absolute atomic E-state index is 0.0835. The minimum atomic E-state index is -0.272. The average molecular weight is 324 g/mol. The number of hydrogen-bond donors (Lipinski definition) is 1. The Bertz CT molecular complexity index is 488. The van der Waals surface area contributed by atoms with Gasteiger partial charge in [0.2, 0.25) is 5.91 Å². The molecule has 0 radical (unpaired) electrons. The zero-order chi connectivity index (χ0) is 16.4. The number of Topliss-reactive ketones (excluding diaryl/α,β-unsaturated/α-hetero) is 1. The fraction of sp³-hybridized carbons (Fsp3) is 0.556. The smallest absolute Gasteiger partial charge is 0.231 e. The van der Waals surface area contributed by atoms with Gasteiger partial charge in [0.1, 0.15) is 5.78 Å². The Hall–Kier alpha value is -1.35. The highest BCUT2D eigenvalue weighted by Crippen LogP contribution is 2.18. The molecule has 22 heavy (non-hydrogen) atoms. The molecule has 0 bridgehead atoms. The van der Waals surface area contributed by atoms with Crippen LogP contribution in [0.4, 0.5) is 5.69 Å². The number of halogens is 1. The van der Waals surface area contributed by atoms with Crippen LogP contribution in [-0.2, 0) is 16.0 Å². The van der Waals surface area contributed by atoms with Crippen LogP contribution in [0.5, 0.6) is 0 Å². The van der Waals surface area contributed by atoms with Crippen LogP contribution in [0.2, 0.25) is 0 Å². The number of carbonyl (C=O) groups is 2. The molecule has 4 heteroatoms. The van der Waals surface area contributed by atoms with Crippen LogP contribution in [0, 0.1) is 0 Å². The van der Waals surface area contributed by atoms with Gasteiger partial charge in [-0.1, -0.05) is 44.7 Å². The van der Waals surface area contributed by atoms with E-state index in [0.717, 1.165) is 30.5 Å². The van der Waals surface area contributed by atoms with Crippen molar-refractivity contribution in [3.8, 4) is 0 Å². The Morgan fingerprint density at radius 1 is 1.23 bits per heavy atom. The van der Waals surface area contributed by atoms with E-state index < -0.39 is 0 Å². The van der Waals surface area contributed by atoms with Gasteiger partial charge >= 0.3 is 0 Å². The zero-order valence-corrected chi connectivity index (χ0v) is 14.3. The van der Waals surface area contributed by atoms with Gasteiger partial charge < -0.3 is 5.32 Å². The summed E-state index contributed by atoms with van der Waals surface area (Å²) in [6.45, 7) is 3.61. The van der Waals surface area contributed by atoms with Crippen molar-refractivity contribution in [3.63, 3.8) is 0 Å². The maximum absolute atomic E-state index is 11.6. The Balaban J connectivity index is 2.46. The SMILES string of the molecule is CCCCCCC(Cl)Cc1cccc(NC(=O)CC(C)=O)c1. The van der Waals surface area contributed by atoms with Gasteiger partial charge in [-0.25, -0.2) is 0 Å². The molecule has 1 N–H and O–H groups in total. The summed E-state index contributed by atoms with van der Waals surface area (Å²) in [4.78, 5) is 22.5. The lowest BCUT2D eigenvalue weighted by Gasteiger charge is -2.11. The standard InChI is InChI=1S/C18H26ClNO2/c1-3-4-5-6-9-16(19)12-15-8-7-10-17(13-15)20-18(22)11-14(2)21/h7-8,10,13,16H,3-6,9,11-12H2,1-2H3,(H,20,22). The number of unbranched alkanes of at least 4 members (excludes halogenated alkanes) is 3. The average Bonchev–Trinajstić information content (AvgIpc) is 2.43. The van der Waals surface area contributed by atoms with Crippen molar-refractivity contribution in [3.05, 3.63) is 29.8 Å². The number of alkyl halides is 1. The first-order valence-corrected chi connectivity index (χ1v) is 8.47. The molecule has 1 rings (SSSR count). The number of amides is 1. The predicted octanol–water partition coefficient (Wildman–Crippen LogP) is 4.72. The Morgan fingerprint density at radius 3 is 2.68 bits per heavy atom. The highest BCUT2D eigenvalue weighted by atomic mass is 35.5. The molecule has 0 heterocycles. The fourth-order valence-electron chi connectivity index (χ4n) is 2.36. The van der Waals surface area contributed by atoms with E-state index in [0.29, 0.717) is 0 Å². The molecule has 0 aliphatic rings. The zero-order valence-electron chi connectivity index (χ0n) is 13.5. The summed E-state index contributed by atoms with van der Waals surface area (Å²) in [7, 11) is 0. The van der Waals surface area contributed by atoms with Gasteiger partial charge in [-0.2, -0.15) is 0 Å². The van der Waals surface area contributed by atoms with Crippen LogP contribution in [0.3, 0.4) is 0 Å². The van der Waals surface area contributed by atoms with Crippen LogP contribution < -0.4 is 5.32 Å². The molecule has 122 valence electrons. The molecular formula is C18H26ClNO2. The van der Waals surface area contributed by atoms with Crippen LogP contribution in [0.15, 0.2) is 24.3 Å². The summed E-state index contributed by atoms with van der Waals surface area (Å²) in [6, 6.07) is 7.67. The third-order valence-electron chi connectivity index (χ3n) is 3.45. The topological polar surface area (TPSA) is 46.2 Å². The fourth-order valence-corrected chi connectivity index (χ4v) is 2.69. The Labute approximate surface area is 138 Å². The van der Waals surface area contributed by atoms with E-state index in [2.05, 4.69) is 12.2 Å². The van der Waals surface area contributed by atoms with E-state index in [-0.39, 0.29) is 23.5 Å². The lowest BCUT2D eigenvalue weighted by molar-refractivity contribution is -0.124. The Kier molecular flexibility index (Phi) is 8.83. The second-order valence-electron chi connectivity index (χ2n) is 5.78. The summed E-state index contributed by atoms with van der Waals surface area (Å²) in [5.41, 5.74) is 1.83. The molecule has 0 aliphatic heterocycles. The lowest BCUT2D eigenvalue weighted by Crippen LogP contribution is -2.15. The van der Waals surface area contributed by atoms with Crippen molar-refractivity contribution >= 4 is 29.0 Å². The monoisotopic (exact) mass is 323 g/mol. The maximum atomic E-state index is 11.6. The molecule has 1 aromatic rings. The molecule has 1 aromatic carbocycles. The number of benzene rings is 1. The second kappa shape index (κ2) is 10.4. The number of anilines is 1. The highest BCUT2D eigenvalue weighted by molar-refractivity contribution is 6.20. The number of carbonyl (C=O) groups excluding carboxylic acids is 2. The molecular weight excluding hydrogens is 298 g/mol. The van der Waals surface area contributed by atoms with E-state index in [1.807, 2.05) is 24.3 Å². The first-order chi connectivity index (χ1) is 10.5. The third kappa shape index (κ3) is 8.18. The van der Waals surface area contributed by atoms with E-state index in [4.69, 9.17) is 11.6 Å². The van der Waals surface area contributed by atoms with Crippen molar-refractivity contribution in [1.29, 1.82) is 0 Å². The third-order valence-corrected chi connectivity index (χ3v) is 3.82. The molecule has 0 saturated heterocycles. The molecule has 0 spiro atoms. The predicted molar refractivity (Wildman–Crippen MR) is 92.5 cm³/mol. The van der Waals surface area contributed by atoms with Gasteiger partial charge in [0, 0.05) is 11.1 Å². The van der Waals surface area contributed by atoms with Gasteiger partial charge in [0.25, 0.3) is 0 Å². The van der Waals surface area contributed by atoms with Gasteiger partial charge in [0.15, 0.2) is 0 Å². The van der Waals surface area contributed by atoms with E-state index >= 15 is 0 Å². The molecule has 3 nitrogen and oxygen atoms in total. The van der Waals surface area contributed by atoms with Gasteiger partial charge in [-0.15, -0.1) is 11.6 Å². The van der Waals surface area contributed by atoms with Gasteiger partial charge in [0.05, 0.1) is 6.42 Å². The molecule has 0 aromatic heterocycles. The number of nitrogens with one attached hydrogen (secondary N) is 1. The van der Waals surface area contributed by atoms with E-state index in [1.165, 1.54) is 26.2 Å². The summed E-state index contributed by atoms with van der Waals surface area (Å²) < 4.78 is 0. The van der Waals surface area contributed by atoms with Crippen molar-refractivity contribution in [2.24, 2.45) is 0 Å². The summed E-state index contributed by atoms with van der Waals surface area (Å²) >= 11 is 6.39. The van der Waals surface area contributed by atoms with Gasteiger partial charge in [-0.3, -0.25) is 9.59 Å². The molecule has 1 amide bonds. The van der Waals surface area contributed by atoms with Crippen molar-refractivity contribution in [1.82, 2.24) is 0 Å². The van der Waals surface area contributed by atoms with Crippen molar-refractivity contribution in [2.45, 2.75) is 64.2 Å². The summed E-state index contributed by atoms with van der Waals surface area (Å²) in [6.07, 6.45) is 6.63. The number of ketones is 1. The van der Waals surface area contributed by atoms with Gasteiger partial charge in [-0.05, 0) is 37.5 Å². The quantitative estimate of drug-likeness (QED) is 0.384. The molecule has 0 fully saturated rings. The first kappa shape index (κ1) is 18.7. The summed E-state index contributed by atoms with van der Waals surface area (Å²) in [5, 5.41) is 2.87. The minimum Gasteiger partial charge on any atom is -0.326 e. The lowest BCUT2D eigenvalue weighted by atomic mass is 10.0.